The lowest BCUT2D eigenvalue weighted by atomic mass is 9.95. The third-order valence-corrected chi connectivity index (χ3v) is 9.17. The van der Waals surface area contributed by atoms with Crippen molar-refractivity contribution in [2.75, 3.05) is 11.9 Å². The Hall–Kier alpha value is -5.26. The summed E-state index contributed by atoms with van der Waals surface area (Å²) in [6, 6.07) is 24.4. The van der Waals surface area contributed by atoms with Crippen LogP contribution in [0.3, 0.4) is 0 Å². The molecule has 0 radical (unpaired) electrons. The van der Waals surface area contributed by atoms with Crippen LogP contribution in [0.15, 0.2) is 78.9 Å². The first-order chi connectivity index (χ1) is 23.7. The van der Waals surface area contributed by atoms with Gasteiger partial charge in [-0.3, -0.25) is 9.59 Å². The van der Waals surface area contributed by atoms with Crippen LogP contribution < -0.4 is 22.5 Å². The molecule has 11 heteroatoms. The molecule has 254 valence electrons. The van der Waals surface area contributed by atoms with Crippen LogP contribution in [0.25, 0.3) is 49.9 Å². The molecule has 4 aromatic carbocycles. The second kappa shape index (κ2) is 14.9. The minimum atomic E-state index is -0.933. The summed E-state index contributed by atoms with van der Waals surface area (Å²) in [6.45, 7) is 0.604. The molecule has 1 unspecified atom stereocenters. The predicted molar refractivity (Wildman–Crippen MR) is 193 cm³/mol. The number of unbranched alkanes of at least 4 members (excludes halogenated alkanes) is 1. The van der Waals surface area contributed by atoms with Gasteiger partial charge in [0.2, 0.25) is 0 Å². The lowest BCUT2D eigenvalue weighted by Crippen LogP contribution is -2.29. The van der Waals surface area contributed by atoms with Crippen molar-refractivity contribution in [3.63, 3.8) is 0 Å². The molecule has 49 heavy (non-hydrogen) atoms. The number of imidazole rings is 1. The number of carbonyl (C=O) groups excluding carboxylic acids is 1. The van der Waals surface area contributed by atoms with E-state index >= 15 is 0 Å². The van der Waals surface area contributed by atoms with Crippen LogP contribution in [0.1, 0.15) is 61.7 Å². The van der Waals surface area contributed by atoms with Gasteiger partial charge in [-0.1, -0.05) is 56.0 Å². The largest absolute Gasteiger partial charge is 0.480 e. The normalized spacial score (nSPS) is 14.1. The number of benzene rings is 4. The van der Waals surface area contributed by atoms with Gasteiger partial charge in [-0.15, -0.1) is 0 Å². The SMILES string of the molecule is NC(=O)c1ccc(-n2c3ccccc3c3c(-c4nc5ccc(F)cc5[nH]4)cccc32)cc1NC1CCCCC1.NCCCCC(N)C(=O)O. The topological polar surface area (TPSA) is 178 Å². The molecule has 1 atom stereocenters. The fourth-order valence-electron chi connectivity index (χ4n) is 6.71. The quantitative estimate of drug-likeness (QED) is 0.0869. The van der Waals surface area contributed by atoms with Crippen LogP contribution >= 0.6 is 0 Å². The van der Waals surface area contributed by atoms with E-state index in [9.17, 15) is 14.0 Å². The van der Waals surface area contributed by atoms with Gasteiger partial charge in [0.25, 0.3) is 5.91 Å². The number of nitrogens with two attached hydrogens (primary N) is 3. The number of aromatic amines is 1. The lowest BCUT2D eigenvalue weighted by molar-refractivity contribution is -0.138. The Morgan fingerprint density at radius 2 is 1.76 bits per heavy atom. The van der Waals surface area contributed by atoms with Crippen molar-refractivity contribution in [1.82, 2.24) is 14.5 Å². The van der Waals surface area contributed by atoms with Gasteiger partial charge in [0, 0.05) is 33.8 Å². The summed E-state index contributed by atoms with van der Waals surface area (Å²) in [5.41, 5.74) is 22.8. The van der Waals surface area contributed by atoms with Crippen LogP contribution in [-0.4, -0.2) is 50.1 Å². The second-order valence-electron chi connectivity index (χ2n) is 12.6. The average molecular weight is 664 g/mol. The fourth-order valence-corrected chi connectivity index (χ4v) is 6.71. The maximum atomic E-state index is 13.9. The number of para-hydroxylation sites is 1. The summed E-state index contributed by atoms with van der Waals surface area (Å²) in [5.74, 6) is -0.986. The third-order valence-electron chi connectivity index (χ3n) is 9.17. The number of carboxylic acids is 1. The molecule has 2 aromatic heterocycles. The Labute approximate surface area is 283 Å². The van der Waals surface area contributed by atoms with Gasteiger partial charge in [-0.25, -0.2) is 9.37 Å². The molecule has 9 N–H and O–H groups in total. The van der Waals surface area contributed by atoms with Gasteiger partial charge in [0.15, 0.2) is 0 Å². The number of anilines is 1. The zero-order chi connectivity index (χ0) is 34.5. The number of hydrogen-bond donors (Lipinski definition) is 6. The summed E-state index contributed by atoms with van der Waals surface area (Å²) in [4.78, 5) is 30.6. The van der Waals surface area contributed by atoms with Gasteiger partial charge in [-0.2, -0.15) is 0 Å². The van der Waals surface area contributed by atoms with Gasteiger partial charge in [0.05, 0.1) is 27.6 Å². The minimum absolute atomic E-state index is 0.301. The van der Waals surface area contributed by atoms with E-state index in [-0.39, 0.29) is 5.82 Å². The summed E-state index contributed by atoms with van der Waals surface area (Å²) in [7, 11) is 0. The molecule has 10 nitrogen and oxygen atoms in total. The Morgan fingerprint density at radius 1 is 0.980 bits per heavy atom. The Morgan fingerprint density at radius 3 is 2.51 bits per heavy atom. The summed E-state index contributed by atoms with van der Waals surface area (Å²) in [5, 5.41) is 14.1. The summed E-state index contributed by atoms with van der Waals surface area (Å²) in [6.07, 6.45) is 7.97. The summed E-state index contributed by atoms with van der Waals surface area (Å²) >= 11 is 0. The molecule has 1 saturated carbocycles. The van der Waals surface area contributed by atoms with Crippen molar-refractivity contribution in [3.8, 4) is 17.1 Å². The minimum Gasteiger partial charge on any atom is -0.480 e. The first kappa shape index (κ1) is 33.6. The number of H-pyrrole nitrogens is 1. The molecule has 0 spiro atoms. The van der Waals surface area contributed by atoms with Crippen LogP contribution in [0.2, 0.25) is 0 Å². The number of nitrogens with zero attached hydrogens (tertiary/aromatic N) is 2. The Balaban J connectivity index is 0.000000365. The smallest absolute Gasteiger partial charge is 0.320 e. The fraction of sp³-hybridized carbons (Fsp3) is 0.289. The standard InChI is InChI=1S/C32H28FN5O.C6H14N2O2/c33-19-13-16-25-27(17-19)37-32(36-25)24-10-6-12-29-30(24)23-9-4-5-11-28(23)38(29)21-14-15-22(31(34)39)26(18-21)35-20-7-2-1-3-8-20;7-4-2-1-3-5(8)6(9)10/h4-6,9-18,20,35H,1-3,7-8H2,(H2,34,39)(H,36,37);5H,1-4,7-8H2,(H,9,10). The van der Waals surface area contributed by atoms with Gasteiger partial charge in [-0.05, 0) is 80.8 Å². The number of aromatic nitrogens is 3. The molecule has 7 rings (SSSR count). The second-order valence-corrected chi connectivity index (χ2v) is 12.6. The summed E-state index contributed by atoms with van der Waals surface area (Å²) < 4.78 is 16.1. The van der Waals surface area contributed by atoms with Crippen LogP contribution in [0, 0.1) is 5.82 Å². The molecule has 1 amide bonds. The zero-order valence-corrected chi connectivity index (χ0v) is 27.3. The molecule has 2 heterocycles. The highest BCUT2D eigenvalue weighted by atomic mass is 19.1. The van der Waals surface area contributed by atoms with Crippen molar-refractivity contribution in [2.45, 2.75) is 63.5 Å². The predicted octanol–water partition coefficient (Wildman–Crippen LogP) is 6.84. The highest BCUT2D eigenvalue weighted by Gasteiger charge is 2.21. The Kier molecular flexibility index (Phi) is 10.2. The molecule has 0 saturated heterocycles. The average Bonchev–Trinajstić information content (AvgIpc) is 3.68. The number of amides is 1. The molecule has 1 fully saturated rings. The molecule has 6 aromatic rings. The van der Waals surface area contributed by atoms with E-state index in [0.29, 0.717) is 41.4 Å². The monoisotopic (exact) mass is 663 g/mol. The first-order valence-electron chi connectivity index (χ1n) is 16.8. The maximum absolute atomic E-state index is 13.9. The lowest BCUT2D eigenvalue weighted by Gasteiger charge is -2.25. The van der Waals surface area contributed by atoms with Gasteiger partial charge >= 0.3 is 5.97 Å². The van der Waals surface area contributed by atoms with Gasteiger partial charge in [0.1, 0.15) is 17.7 Å². The van der Waals surface area contributed by atoms with E-state index in [2.05, 4.69) is 33.1 Å². The maximum Gasteiger partial charge on any atom is 0.320 e. The molecular formula is C38H42FN7O3. The van der Waals surface area contributed by atoms with Crippen molar-refractivity contribution in [3.05, 3.63) is 90.2 Å². The van der Waals surface area contributed by atoms with Crippen molar-refractivity contribution in [1.29, 1.82) is 0 Å². The number of aliphatic carboxylic acids is 1. The van der Waals surface area contributed by atoms with E-state index in [1.807, 2.05) is 42.5 Å². The zero-order valence-electron chi connectivity index (χ0n) is 27.3. The number of primary amides is 1. The van der Waals surface area contributed by atoms with Gasteiger partial charge < -0.3 is 37.2 Å². The highest BCUT2D eigenvalue weighted by Crippen LogP contribution is 2.39. The molecular weight excluding hydrogens is 621 g/mol. The van der Waals surface area contributed by atoms with Crippen molar-refractivity contribution < 1.29 is 19.1 Å². The van der Waals surface area contributed by atoms with Crippen LogP contribution in [-0.2, 0) is 4.79 Å². The van der Waals surface area contributed by atoms with Crippen molar-refractivity contribution >= 4 is 50.4 Å². The molecule has 0 aliphatic heterocycles. The highest BCUT2D eigenvalue weighted by molar-refractivity contribution is 6.15. The van der Waals surface area contributed by atoms with E-state index in [0.717, 1.165) is 64.4 Å². The number of carbonyl (C=O) groups is 2. The molecule has 0 bridgehead atoms. The van der Waals surface area contributed by atoms with Crippen molar-refractivity contribution in [2.24, 2.45) is 17.2 Å². The van der Waals surface area contributed by atoms with E-state index in [4.69, 9.17) is 27.3 Å². The Bertz CT molecular complexity index is 2120. The number of halogens is 1. The number of carboxylic acid groups (broad SMARTS) is 1. The first-order valence-corrected chi connectivity index (χ1v) is 16.8. The van der Waals surface area contributed by atoms with Crippen LogP contribution in [0.4, 0.5) is 10.1 Å². The number of fused-ring (bicyclic) bond motifs is 4. The van der Waals surface area contributed by atoms with Crippen LogP contribution in [0.5, 0.6) is 0 Å². The van der Waals surface area contributed by atoms with E-state index in [1.165, 1.54) is 31.4 Å². The number of hydrogen-bond acceptors (Lipinski definition) is 6. The van der Waals surface area contributed by atoms with E-state index in [1.54, 1.807) is 6.07 Å². The van der Waals surface area contributed by atoms with E-state index < -0.39 is 17.9 Å². The number of rotatable bonds is 10. The third kappa shape index (κ3) is 7.28. The molecule has 1 aliphatic rings. The molecule has 1 aliphatic carbocycles. The number of nitrogens with one attached hydrogen (secondary N) is 2.